The Bertz CT molecular complexity index is 872. The van der Waals surface area contributed by atoms with Gasteiger partial charge in [-0.2, -0.15) is 0 Å². The molecular weight excluding hydrogens is 368 g/mol. The van der Waals surface area contributed by atoms with Crippen LogP contribution in [0.2, 0.25) is 0 Å². The number of hydrogen-bond acceptors (Lipinski definition) is 4. The number of phenolic OH excluding ortho intramolecular Hbond substituents is 1. The second kappa shape index (κ2) is 9.23. The number of phenols is 1. The zero-order valence-electron chi connectivity index (χ0n) is 16.1. The van der Waals surface area contributed by atoms with Crippen molar-refractivity contribution in [2.75, 3.05) is 13.1 Å². The molecule has 3 rings (SSSR count). The molecule has 2 aromatic carbocycles. The highest BCUT2D eigenvalue weighted by Crippen LogP contribution is 2.15. The van der Waals surface area contributed by atoms with E-state index in [1.165, 1.54) is 0 Å². The molecule has 1 aliphatic rings. The summed E-state index contributed by atoms with van der Waals surface area (Å²) in [6.45, 7) is 1.29. The first-order valence-corrected chi connectivity index (χ1v) is 9.57. The summed E-state index contributed by atoms with van der Waals surface area (Å²) in [5.41, 5.74) is 7.22. The highest BCUT2D eigenvalue weighted by Gasteiger charge is 2.27. The summed E-state index contributed by atoms with van der Waals surface area (Å²) in [6.07, 6.45) is 4.18. The molecule has 0 aromatic heterocycles. The van der Waals surface area contributed by atoms with Gasteiger partial charge in [-0.3, -0.25) is 15.0 Å². The summed E-state index contributed by atoms with van der Waals surface area (Å²) in [4.78, 5) is 27.6. The quantitative estimate of drug-likeness (QED) is 0.442. The Morgan fingerprint density at radius 1 is 1.03 bits per heavy atom. The summed E-state index contributed by atoms with van der Waals surface area (Å²) < 4.78 is 0. The third-order valence-corrected chi connectivity index (χ3v) is 4.96. The van der Waals surface area contributed by atoms with Gasteiger partial charge >= 0.3 is 0 Å². The molecule has 5 N–H and O–H groups in total. The fraction of sp³-hybridized carbons (Fsp3) is 0.273. The van der Waals surface area contributed by atoms with E-state index in [1.54, 1.807) is 53.4 Å². The lowest BCUT2D eigenvalue weighted by Crippen LogP contribution is -2.51. The minimum atomic E-state index is -0.711. The van der Waals surface area contributed by atoms with E-state index >= 15 is 0 Å². The van der Waals surface area contributed by atoms with Gasteiger partial charge in [0, 0.05) is 30.6 Å². The summed E-state index contributed by atoms with van der Waals surface area (Å²) in [5.74, 6) is -0.391. The summed E-state index contributed by atoms with van der Waals surface area (Å²) >= 11 is 0. The molecule has 1 fully saturated rings. The van der Waals surface area contributed by atoms with Crippen molar-refractivity contribution in [2.45, 2.75) is 25.3 Å². The molecule has 7 heteroatoms. The van der Waals surface area contributed by atoms with Crippen molar-refractivity contribution < 1.29 is 14.7 Å². The number of hydrogen-bond donors (Lipinski definition) is 4. The van der Waals surface area contributed by atoms with Crippen molar-refractivity contribution in [1.29, 1.82) is 5.41 Å². The maximum atomic E-state index is 13.1. The molecular formula is C22H25N4O3. The third-order valence-electron chi connectivity index (χ3n) is 4.96. The largest absolute Gasteiger partial charge is 0.508 e. The van der Waals surface area contributed by atoms with Crippen molar-refractivity contribution in [3.63, 3.8) is 0 Å². The van der Waals surface area contributed by atoms with Gasteiger partial charge in [-0.05, 0) is 49.1 Å². The van der Waals surface area contributed by atoms with E-state index in [2.05, 4.69) is 11.7 Å². The molecule has 151 valence electrons. The van der Waals surface area contributed by atoms with Gasteiger partial charge < -0.3 is 21.1 Å². The third kappa shape index (κ3) is 5.34. The fourth-order valence-corrected chi connectivity index (χ4v) is 3.30. The first-order valence-electron chi connectivity index (χ1n) is 9.57. The Morgan fingerprint density at radius 2 is 1.62 bits per heavy atom. The number of nitrogens with one attached hydrogen (secondary N) is 2. The van der Waals surface area contributed by atoms with E-state index in [4.69, 9.17) is 11.1 Å². The predicted molar refractivity (Wildman–Crippen MR) is 111 cm³/mol. The predicted octanol–water partition coefficient (Wildman–Crippen LogP) is 1.84. The molecule has 2 amide bonds. The zero-order chi connectivity index (χ0) is 20.8. The van der Waals surface area contributed by atoms with E-state index < -0.39 is 6.04 Å². The molecule has 29 heavy (non-hydrogen) atoms. The van der Waals surface area contributed by atoms with Crippen LogP contribution in [-0.4, -0.2) is 46.8 Å². The van der Waals surface area contributed by atoms with Crippen LogP contribution in [0.4, 0.5) is 0 Å². The number of benzene rings is 2. The van der Waals surface area contributed by atoms with Crippen LogP contribution in [0, 0.1) is 11.8 Å². The smallest absolute Gasteiger partial charge is 0.251 e. The Morgan fingerprint density at radius 3 is 2.21 bits per heavy atom. The van der Waals surface area contributed by atoms with Crippen molar-refractivity contribution in [2.24, 2.45) is 5.73 Å². The van der Waals surface area contributed by atoms with Gasteiger partial charge in [-0.25, -0.2) is 0 Å². The normalized spacial score (nSPS) is 14.8. The van der Waals surface area contributed by atoms with Crippen LogP contribution in [0.1, 0.15) is 34.3 Å². The highest BCUT2D eigenvalue weighted by molar-refractivity contribution is 5.99. The maximum Gasteiger partial charge on any atom is 0.251 e. The highest BCUT2D eigenvalue weighted by atomic mass is 16.3. The number of amidine groups is 1. The van der Waals surface area contributed by atoms with Crippen LogP contribution < -0.4 is 11.1 Å². The number of carbonyl (C=O) groups is 2. The van der Waals surface area contributed by atoms with Gasteiger partial charge in [-0.15, -0.1) is 0 Å². The minimum absolute atomic E-state index is 0.0701. The summed E-state index contributed by atoms with van der Waals surface area (Å²) in [5, 5.41) is 19.8. The lowest BCUT2D eigenvalue weighted by atomic mass is 10.0. The fourth-order valence-electron chi connectivity index (χ4n) is 3.30. The molecule has 1 saturated heterocycles. The van der Waals surface area contributed by atoms with E-state index in [0.29, 0.717) is 30.6 Å². The van der Waals surface area contributed by atoms with Crippen molar-refractivity contribution >= 4 is 17.6 Å². The molecule has 1 aliphatic heterocycles. The van der Waals surface area contributed by atoms with Gasteiger partial charge in [0.15, 0.2) is 0 Å². The molecule has 1 radical (unpaired) electrons. The number of nitrogens with two attached hydrogens (primary N) is 1. The van der Waals surface area contributed by atoms with Crippen molar-refractivity contribution in [3.05, 3.63) is 71.6 Å². The molecule has 0 spiro atoms. The Kier molecular flexibility index (Phi) is 6.49. The van der Waals surface area contributed by atoms with Gasteiger partial charge in [0.1, 0.15) is 17.6 Å². The van der Waals surface area contributed by atoms with Crippen LogP contribution >= 0.6 is 0 Å². The van der Waals surface area contributed by atoms with Crippen molar-refractivity contribution in [1.82, 2.24) is 10.2 Å². The number of nitrogen functional groups attached to an aromatic ring is 1. The number of carbonyl (C=O) groups excluding carboxylic acids is 2. The molecule has 0 saturated carbocycles. The van der Waals surface area contributed by atoms with Crippen LogP contribution in [0.5, 0.6) is 5.75 Å². The van der Waals surface area contributed by atoms with Crippen LogP contribution in [0.15, 0.2) is 48.5 Å². The first-order chi connectivity index (χ1) is 13.9. The lowest BCUT2D eigenvalue weighted by Gasteiger charge is -2.30. The Labute approximate surface area is 170 Å². The second-order valence-corrected chi connectivity index (χ2v) is 7.08. The number of amides is 2. The average Bonchev–Trinajstić information content (AvgIpc) is 2.75. The average molecular weight is 393 g/mol. The van der Waals surface area contributed by atoms with E-state index in [-0.39, 0.29) is 23.4 Å². The van der Waals surface area contributed by atoms with Crippen molar-refractivity contribution in [3.8, 4) is 5.75 Å². The molecule has 7 nitrogen and oxygen atoms in total. The van der Waals surface area contributed by atoms with E-state index in [1.807, 2.05) is 0 Å². The number of likely N-dealkylation sites (tertiary alicyclic amines) is 1. The topological polar surface area (TPSA) is 120 Å². The van der Waals surface area contributed by atoms with E-state index in [9.17, 15) is 14.7 Å². The monoisotopic (exact) mass is 393 g/mol. The number of aromatic hydroxyl groups is 1. The lowest BCUT2D eigenvalue weighted by molar-refractivity contribution is -0.133. The number of nitrogens with zero attached hydrogens (tertiary/aromatic N) is 1. The van der Waals surface area contributed by atoms with Gasteiger partial charge in [0.25, 0.3) is 5.91 Å². The minimum Gasteiger partial charge on any atom is -0.508 e. The molecule has 1 heterocycles. The second-order valence-electron chi connectivity index (χ2n) is 7.08. The molecule has 0 aliphatic carbocycles. The van der Waals surface area contributed by atoms with E-state index in [0.717, 1.165) is 18.4 Å². The van der Waals surface area contributed by atoms with Gasteiger partial charge in [-0.1, -0.05) is 24.3 Å². The standard InChI is InChI=1S/C22H25N4O3/c23-20(24)16-6-8-17(9-7-16)21(28)25-19(14-15-4-10-18(27)11-5-15)22(29)26-12-2-1-3-13-26/h1,4-11,19,27H,2-3,12-14H2,(H3,23,24)(H,25,28)/t19-/m0/s1. The molecule has 0 bridgehead atoms. The maximum absolute atomic E-state index is 13.1. The van der Waals surface area contributed by atoms with Gasteiger partial charge in [0.05, 0.1) is 0 Å². The number of rotatable bonds is 6. The Hall–Kier alpha value is -3.35. The van der Waals surface area contributed by atoms with Gasteiger partial charge in [0.2, 0.25) is 5.91 Å². The Balaban J connectivity index is 1.77. The van der Waals surface area contributed by atoms with Crippen LogP contribution in [-0.2, 0) is 11.2 Å². The summed E-state index contributed by atoms with van der Waals surface area (Å²) in [7, 11) is 0. The van der Waals surface area contributed by atoms with Crippen LogP contribution in [0.25, 0.3) is 0 Å². The molecule has 1 atom stereocenters. The SMILES string of the molecule is N=C(N)c1ccc(C(=O)N[C@@H](Cc2ccc(O)cc2)C(=O)N2CC[CH]CC2)cc1. The van der Waals surface area contributed by atoms with Crippen LogP contribution in [0.3, 0.4) is 0 Å². The number of piperidine rings is 1. The zero-order valence-corrected chi connectivity index (χ0v) is 16.1. The summed E-state index contributed by atoms with van der Waals surface area (Å²) in [6, 6.07) is 12.3. The molecule has 0 unspecified atom stereocenters. The first kappa shape index (κ1) is 20.4. The molecule has 2 aromatic rings.